The first kappa shape index (κ1) is 13.9. The lowest BCUT2D eigenvalue weighted by atomic mass is 10.1. The zero-order valence-electron chi connectivity index (χ0n) is 11.8. The third kappa shape index (κ3) is 3.73. The molecule has 0 spiro atoms. The van der Waals surface area contributed by atoms with Crippen molar-refractivity contribution in [2.75, 3.05) is 6.61 Å². The third-order valence-corrected chi connectivity index (χ3v) is 3.06. The van der Waals surface area contributed by atoms with Crippen LogP contribution in [0.2, 0.25) is 0 Å². The molecular weight excluding hydrogens is 246 g/mol. The van der Waals surface area contributed by atoms with E-state index in [1.807, 2.05) is 36.5 Å². The summed E-state index contributed by atoms with van der Waals surface area (Å²) in [7, 11) is 0. The Hall–Kier alpha value is -2.53. The summed E-state index contributed by atoms with van der Waals surface area (Å²) in [6, 6.07) is 13.9. The van der Waals surface area contributed by atoms with Gasteiger partial charge in [-0.25, -0.2) is 0 Å². The highest BCUT2D eigenvalue weighted by atomic mass is 16.5. The van der Waals surface area contributed by atoms with E-state index in [4.69, 9.17) is 11.2 Å². The lowest BCUT2D eigenvalue weighted by molar-refractivity contribution is 0.370. The number of hydrogen-bond donors (Lipinski definition) is 0. The normalized spacial score (nSPS) is 10.4. The zero-order chi connectivity index (χ0) is 14.4. The van der Waals surface area contributed by atoms with Crippen molar-refractivity contribution >= 4 is 11.9 Å². The smallest absolute Gasteiger partial charge is 0.148 e. The monoisotopic (exact) mass is 263 g/mol. The van der Waals surface area contributed by atoms with Crippen LogP contribution in [0.1, 0.15) is 16.7 Å². The van der Waals surface area contributed by atoms with Gasteiger partial charge in [0.2, 0.25) is 0 Å². The average Bonchev–Trinajstić information content (AvgIpc) is 2.47. The molecule has 2 heteroatoms. The van der Waals surface area contributed by atoms with Crippen molar-refractivity contribution in [3.05, 3.63) is 59.2 Å². The van der Waals surface area contributed by atoms with Crippen molar-refractivity contribution in [2.24, 2.45) is 4.99 Å². The fraction of sp³-hybridized carbons (Fsp3) is 0.167. The van der Waals surface area contributed by atoms with E-state index in [0.717, 1.165) is 17.0 Å². The average molecular weight is 263 g/mol. The number of hydrogen-bond acceptors (Lipinski definition) is 2. The fourth-order valence-corrected chi connectivity index (χ4v) is 1.73. The lowest BCUT2D eigenvalue weighted by Gasteiger charge is -2.02. The maximum Gasteiger partial charge on any atom is 0.148 e. The Labute approximate surface area is 120 Å². The predicted octanol–water partition coefficient (Wildman–Crippen LogP) is 4.07. The molecule has 0 N–H and O–H groups in total. The highest BCUT2D eigenvalue weighted by Gasteiger charge is 1.95. The molecule has 20 heavy (non-hydrogen) atoms. The molecule has 0 aliphatic carbocycles. The summed E-state index contributed by atoms with van der Waals surface area (Å²) >= 11 is 0. The van der Waals surface area contributed by atoms with Gasteiger partial charge in [0.25, 0.3) is 0 Å². The first-order valence-corrected chi connectivity index (χ1v) is 6.46. The van der Waals surface area contributed by atoms with Gasteiger partial charge in [-0.1, -0.05) is 12.0 Å². The Morgan fingerprint density at radius 3 is 2.50 bits per heavy atom. The van der Waals surface area contributed by atoms with Gasteiger partial charge >= 0.3 is 0 Å². The topological polar surface area (TPSA) is 21.6 Å². The fourth-order valence-electron chi connectivity index (χ4n) is 1.73. The summed E-state index contributed by atoms with van der Waals surface area (Å²) in [5.41, 5.74) is 4.51. The van der Waals surface area contributed by atoms with Crippen LogP contribution >= 0.6 is 0 Å². The van der Waals surface area contributed by atoms with E-state index >= 15 is 0 Å². The summed E-state index contributed by atoms with van der Waals surface area (Å²) < 4.78 is 5.32. The molecule has 0 unspecified atom stereocenters. The molecule has 0 saturated heterocycles. The number of nitrogens with zero attached hydrogens (tertiary/aromatic N) is 1. The molecule has 0 aliphatic heterocycles. The maximum atomic E-state index is 5.32. The highest BCUT2D eigenvalue weighted by molar-refractivity contribution is 5.82. The summed E-state index contributed by atoms with van der Waals surface area (Å²) in [6.45, 7) is 4.47. The molecule has 100 valence electrons. The molecule has 0 bridgehead atoms. The second-order valence-corrected chi connectivity index (χ2v) is 4.59. The van der Waals surface area contributed by atoms with Crippen LogP contribution in [0.3, 0.4) is 0 Å². The minimum absolute atomic E-state index is 0.288. The van der Waals surface area contributed by atoms with E-state index in [0.29, 0.717) is 0 Å². The van der Waals surface area contributed by atoms with Gasteiger partial charge in [-0.15, -0.1) is 6.42 Å². The predicted molar refractivity (Wildman–Crippen MR) is 83.9 cm³/mol. The van der Waals surface area contributed by atoms with Gasteiger partial charge in [-0.3, -0.25) is 4.99 Å². The van der Waals surface area contributed by atoms with Crippen LogP contribution in [0.25, 0.3) is 0 Å². The second-order valence-electron chi connectivity index (χ2n) is 4.59. The zero-order valence-corrected chi connectivity index (χ0v) is 11.8. The summed E-state index contributed by atoms with van der Waals surface area (Å²) in [6.07, 6.45) is 6.99. The van der Waals surface area contributed by atoms with Crippen LogP contribution in [0, 0.1) is 26.2 Å². The number of aliphatic imine (C=N–C) groups is 1. The van der Waals surface area contributed by atoms with Crippen LogP contribution < -0.4 is 4.74 Å². The van der Waals surface area contributed by atoms with Crippen molar-refractivity contribution < 1.29 is 4.74 Å². The van der Waals surface area contributed by atoms with Gasteiger partial charge in [0.15, 0.2) is 0 Å². The van der Waals surface area contributed by atoms with E-state index in [-0.39, 0.29) is 6.61 Å². The van der Waals surface area contributed by atoms with Crippen molar-refractivity contribution in [2.45, 2.75) is 13.8 Å². The van der Waals surface area contributed by atoms with Gasteiger partial charge in [0, 0.05) is 6.21 Å². The molecule has 2 aromatic rings. The van der Waals surface area contributed by atoms with Gasteiger partial charge in [0.1, 0.15) is 12.4 Å². The standard InChI is InChI=1S/C18H17NO/c1-4-11-20-18-9-6-16(7-10-18)13-19-17-8-5-14(2)15(3)12-17/h1,5-10,12-13H,11H2,2-3H3. The van der Waals surface area contributed by atoms with Gasteiger partial charge in [0.05, 0.1) is 5.69 Å². The quantitative estimate of drug-likeness (QED) is 0.602. The molecule has 0 aromatic heterocycles. The number of ether oxygens (including phenoxy) is 1. The first-order valence-electron chi connectivity index (χ1n) is 6.46. The van der Waals surface area contributed by atoms with E-state index in [9.17, 15) is 0 Å². The first-order chi connectivity index (χ1) is 9.69. The SMILES string of the molecule is C#CCOc1ccc(C=Nc2ccc(C)c(C)c2)cc1. The Bertz CT molecular complexity index is 648. The molecule has 2 rings (SSSR count). The lowest BCUT2D eigenvalue weighted by Crippen LogP contribution is -1.93. The number of terminal acetylenes is 1. The molecule has 0 fully saturated rings. The van der Waals surface area contributed by atoms with Crippen LogP contribution in [0.5, 0.6) is 5.75 Å². The number of benzene rings is 2. The number of aryl methyl sites for hydroxylation is 2. The molecule has 0 aliphatic rings. The van der Waals surface area contributed by atoms with E-state index in [1.54, 1.807) is 0 Å². The van der Waals surface area contributed by atoms with Crippen molar-refractivity contribution in [3.63, 3.8) is 0 Å². The summed E-state index contributed by atoms with van der Waals surface area (Å²) in [5, 5.41) is 0. The second kappa shape index (κ2) is 6.58. The molecule has 0 atom stereocenters. The van der Waals surface area contributed by atoms with Crippen LogP contribution in [-0.4, -0.2) is 12.8 Å². The molecule has 0 amide bonds. The Morgan fingerprint density at radius 1 is 1.10 bits per heavy atom. The molecule has 2 nitrogen and oxygen atoms in total. The van der Waals surface area contributed by atoms with Crippen LogP contribution in [-0.2, 0) is 0 Å². The summed E-state index contributed by atoms with van der Waals surface area (Å²) in [4.78, 5) is 4.47. The maximum absolute atomic E-state index is 5.32. The van der Waals surface area contributed by atoms with E-state index in [1.165, 1.54) is 11.1 Å². The Kier molecular flexibility index (Phi) is 4.57. The van der Waals surface area contributed by atoms with Crippen LogP contribution in [0.15, 0.2) is 47.5 Å². The largest absolute Gasteiger partial charge is 0.481 e. The van der Waals surface area contributed by atoms with Gasteiger partial charge < -0.3 is 4.74 Å². The molecule has 2 aromatic carbocycles. The van der Waals surface area contributed by atoms with Crippen molar-refractivity contribution in [3.8, 4) is 18.1 Å². The third-order valence-electron chi connectivity index (χ3n) is 3.06. The molecule has 0 radical (unpaired) electrons. The van der Waals surface area contributed by atoms with Gasteiger partial charge in [-0.05, 0) is 66.9 Å². The molecule has 0 heterocycles. The van der Waals surface area contributed by atoms with Crippen molar-refractivity contribution in [1.82, 2.24) is 0 Å². The minimum Gasteiger partial charge on any atom is -0.481 e. The van der Waals surface area contributed by atoms with Gasteiger partial charge in [-0.2, -0.15) is 0 Å². The van der Waals surface area contributed by atoms with Crippen LogP contribution in [0.4, 0.5) is 5.69 Å². The van der Waals surface area contributed by atoms with Crippen molar-refractivity contribution in [1.29, 1.82) is 0 Å². The molecule has 0 saturated carbocycles. The van der Waals surface area contributed by atoms with E-state index in [2.05, 4.69) is 36.9 Å². The highest BCUT2D eigenvalue weighted by Crippen LogP contribution is 2.17. The minimum atomic E-state index is 0.288. The number of rotatable bonds is 4. The van der Waals surface area contributed by atoms with E-state index < -0.39 is 0 Å². The summed E-state index contributed by atoms with van der Waals surface area (Å²) in [5.74, 6) is 3.21. The molecular formula is C18H17NO. The Morgan fingerprint density at radius 2 is 1.85 bits per heavy atom. The Balaban J connectivity index is 2.07.